The number of para-hydroxylation sites is 1. The van der Waals surface area contributed by atoms with E-state index < -0.39 is 5.25 Å². The average Bonchev–Trinajstić information content (AvgIpc) is 2.92. The van der Waals surface area contributed by atoms with Gasteiger partial charge in [0, 0.05) is 24.8 Å². The molecule has 0 saturated carbocycles. The van der Waals surface area contributed by atoms with Crippen molar-refractivity contribution >= 4 is 22.7 Å². The number of carbonyl (C=O) groups is 2. The van der Waals surface area contributed by atoms with Crippen molar-refractivity contribution in [2.45, 2.75) is 51.2 Å². The van der Waals surface area contributed by atoms with Crippen LogP contribution in [0.25, 0.3) is 0 Å². The van der Waals surface area contributed by atoms with Crippen molar-refractivity contribution in [3.63, 3.8) is 0 Å². The van der Waals surface area contributed by atoms with Crippen LogP contribution in [0.1, 0.15) is 55.9 Å². The van der Waals surface area contributed by atoms with Crippen LogP contribution in [0.3, 0.4) is 0 Å². The zero-order chi connectivity index (χ0) is 26.0. The van der Waals surface area contributed by atoms with Gasteiger partial charge in [0.25, 0.3) is 0 Å². The summed E-state index contributed by atoms with van der Waals surface area (Å²) in [7, 11) is 0. The lowest BCUT2D eigenvalue weighted by molar-refractivity contribution is -0.126. The number of ether oxygens (including phenoxy) is 3. The third-order valence-corrected chi connectivity index (χ3v) is 7.52. The lowest BCUT2D eigenvalue weighted by atomic mass is 9.92. The summed E-state index contributed by atoms with van der Waals surface area (Å²) in [6, 6.07) is 23.2. The number of ketones is 1. The van der Waals surface area contributed by atoms with E-state index >= 15 is 0 Å². The van der Waals surface area contributed by atoms with Crippen molar-refractivity contribution in [3.8, 4) is 23.0 Å². The molecule has 5 nitrogen and oxygen atoms in total. The minimum Gasteiger partial charge on any atom is -0.493 e. The van der Waals surface area contributed by atoms with E-state index in [0.717, 1.165) is 59.6 Å². The van der Waals surface area contributed by atoms with Crippen LogP contribution < -0.4 is 14.2 Å². The first-order chi connectivity index (χ1) is 18.1. The quantitative estimate of drug-likeness (QED) is 0.230. The second-order valence-electron chi connectivity index (χ2n) is 9.14. The Labute approximate surface area is 223 Å². The Bertz CT molecular complexity index is 1180. The van der Waals surface area contributed by atoms with Gasteiger partial charge < -0.3 is 14.2 Å². The molecule has 0 aliphatic carbocycles. The molecule has 3 aromatic carbocycles. The van der Waals surface area contributed by atoms with Crippen molar-refractivity contribution in [3.05, 3.63) is 83.9 Å². The lowest BCUT2D eigenvalue weighted by Crippen LogP contribution is -2.27. The molecule has 37 heavy (non-hydrogen) atoms. The Morgan fingerprint density at radius 2 is 1.57 bits per heavy atom. The monoisotopic (exact) mass is 518 g/mol. The molecular formula is C31H34O5S. The van der Waals surface area contributed by atoms with Crippen molar-refractivity contribution in [2.24, 2.45) is 5.92 Å². The summed E-state index contributed by atoms with van der Waals surface area (Å²) in [6.07, 6.45) is 3.75. The van der Waals surface area contributed by atoms with E-state index in [4.69, 9.17) is 14.2 Å². The van der Waals surface area contributed by atoms with Gasteiger partial charge in [0.15, 0.2) is 10.9 Å². The summed E-state index contributed by atoms with van der Waals surface area (Å²) in [5.41, 5.74) is 2.02. The average molecular weight is 519 g/mol. The Balaban J connectivity index is 1.27. The zero-order valence-corrected chi connectivity index (χ0v) is 22.3. The zero-order valence-electron chi connectivity index (χ0n) is 21.5. The number of rotatable bonds is 12. The van der Waals surface area contributed by atoms with Gasteiger partial charge in [-0.25, -0.2) is 0 Å². The minimum atomic E-state index is -0.410. The number of thioether (sulfide) groups is 1. The van der Waals surface area contributed by atoms with Crippen LogP contribution in [0.2, 0.25) is 0 Å². The molecule has 2 atom stereocenters. The maximum absolute atomic E-state index is 12.7. The standard InChI is InChI=1S/C31H34O5S/c1-3-9-23-12-17-27(36-26-10-6-5-7-11-26)21-28(23)35-19-8-18-34-25-15-13-24(14-16-25)31-30(33)22(4-2)20-29(32)37-31/h5-7,10-17,21-22,31H,3-4,8-9,18-20H2,1-2H3. The topological polar surface area (TPSA) is 61.8 Å². The summed E-state index contributed by atoms with van der Waals surface area (Å²) in [5, 5.41) is -0.316. The van der Waals surface area contributed by atoms with Crippen LogP contribution >= 0.6 is 11.8 Å². The van der Waals surface area contributed by atoms with E-state index in [0.29, 0.717) is 26.1 Å². The van der Waals surface area contributed by atoms with Crippen LogP contribution in [0, 0.1) is 5.92 Å². The molecule has 3 aromatic rings. The van der Waals surface area contributed by atoms with Gasteiger partial charge in [0.1, 0.15) is 23.0 Å². The Hall–Kier alpha value is -3.25. The van der Waals surface area contributed by atoms with Gasteiger partial charge in [-0.1, -0.05) is 68.4 Å². The molecular weight excluding hydrogens is 484 g/mol. The predicted molar refractivity (Wildman–Crippen MR) is 148 cm³/mol. The van der Waals surface area contributed by atoms with Gasteiger partial charge in [-0.2, -0.15) is 0 Å². The van der Waals surface area contributed by atoms with Crippen molar-refractivity contribution in [2.75, 3.05) is 13.2 Å². The normalized spacial score (nSPS) is 17.5. The Morgan fingerprint density at radius 1 is 0.838 bits per heavy atom. The fourth-order valence-corrected chi connectivity index (χ4v) is 5.50. The highest BCUT2D eigenvalue weighted by molar-refractivity contribution is 8.14. The van der Waals surface area contributed by atoms with Crippen LogP contribution in [0.15, 0.2) is 72.8 Å². The molecule has 1 saturated heterocycles. The third kappa shape index (κ3) is 7.39. The molecule has 0 spiro atoms. The molecule has 1 fully saturated rings. The summed E-state index contributed by atoms with van der Waals surface area (Å²) in [4.78, 5) is 24.8. The third-order valence-electron chi connectivity index (χ3n) is 6.35. The first kappa shape index (κ1) is 26.8. The predicted octanol–water partition coefficient (Wildman–Crippen LogP) is 7.58. The number of hydrogen-bond acceptors (Lipinski definition) is 6. The highest BCUT2D eigenvalue weighted by atomic mass is 32.2. The maximum Gasteiger partial charge on any atom is 0.190 e. The Morgan fingerprint density at radius 3 is 2.30 bits per heavy atom. The molecule has 6 heteroatoms. The van der Waals surface area contributed by atoms with Gasteiger partial charge in [-0.3, -0.25) is 9.59 Å². The second kappa shape index (κ2) is 13.3. The number of hydrogen-bond donors (Lipinski definition) is 0. The molecule has 1 heterocycles. The van der Waals surface area contributed by atoms with E-state index in [1.807, 2.05) is 73.7 Å². The second-order valence-corrected chi connectivity index (χ2v) is 10.3. The SMILES string of the molecule is CCCc1ccc(Oc2ccccc2)cc1OCCCOc1ccc(C2SC(=O)CC(CC)C2=O)cc1. The van der Waals surface area contributed by atoms with Crippen LogP contribution in [0.4, 0.5) is 0 Å². The van der Waals surface area contributed by atoms with Crippen LogP contribution in [-0.2, 0) is 16.0 Å². The van der Waals surface area contributed by atoms with E-state index in [1.165, 1.54) is 5.56 Å². The summed E-state index contributed by atoms with van der Waals surface area (Å²) in [6.45, 7) is 5.15. The molecule has 4 rings (SSSR count). The molecule has 0 radical (unpaired) electrons. The fourth-order valence-electron chi connectivity index (χ4n) is 4.33. The summed E-state index contributed by atoms with van der Waals surface area (Å²) in [5.74, 6) is 3.10. The minimum absolute atomic E-state index is 0.0936. The van der Waals surface area contributed by atoms with Gasteiger partial charge in [0.2, 0.25) is 0 Å². The Kier molecular flexibility index (Phi) is 9.66. The molecule has 0 amide bonds. The van der Waals surface area contributed by atoms with Crippen molar-refractivity contribution in [1.29, 1.82) is 0 Å². The molecule has 0 aromatic heterocycles. The number of Topliss-reactive ketones (excluding diaryl/α,β-unsaturated/α-hetero) is 1. The van der Waals surface area contributed by atoms with E-state index in [2.05, 4.69) is 13.0 Å². The number of carbonyl (C=O) groups excluding carboxylic acids is 2. The highest BCUT2D eigenvalue weighted by Crippen LogP contribution is 2.40. The van der Waals surface area contributed by atoms with Gasteiger partial charge in [-0.05, 0) is 54.3 Å². The number of benzene rings is 3. The van der Waals surface area contributed by atoms with Crippen LogP contribution in [-0.4, -0.2) is 24.1 Å². The van der Waals surface area contributed by atoms with Gasteiger partial charge >= 0.3 is 0 Å². The molecule has 0 N–H and O–H groups in total. The maximum atomic E-state index is 12.7. The van der Waals surface area contributed by atoms with Gasteiger partial charge in [-0.15, -0.1) is 0 Å². The van der Waals surface area contributed by atoms with Crippen molar-refractivity contribution in [1.82, 2.24) is 0 Å². The first-order valence-electron chi connectivity index (χ1n) is 13.0. The first-order valence-corrected chi connectivity index (χ1v) is 13.9. The summed E-state index contributed by atoms with van der Waals surface area (Å²) < 4.78 is 18.0. The van der Waals surface area contributed by atoms with Crippen LogP contribution in [0.5, 0.6) is 23.0 Å². The van der Waals surface area contributed by atoms with Crippen molar-refractivity contribution < 1.29 is 23.8 Å². The number of aryl methyl sites for hydroxylation is 1. The van der Waals surface area contributed by atoms with E-state index in [1.54, 1.807) is 0 Å². The van der Waals surface area contributed by atoms with E-state index in [-0.39, 0.29) is 16.8 Å². The van der Waals surface area contributed by atoms with Gasteiger partial charge in [0.05, 0.1) is 18.5 Å². The molecule has 1 aliphatic rings. The molecule has 2 unspecified atom stereocenters. The smallest absolute Gasteiger partial charge is 0.190 e. The largest absolute Gasteiger partial charge is 0.493 e. The summed E-state index contributed by atoms with van der Waals surface area (Å²) >= 11 is 1.15. The molecule has 194 valence electrons. The molecule has 1 aliphatic heterocycles. The highest BCUT2D eigenvalue weighted by Gasteiger charge is 2.36. The lowest BCUT2D eigenvalue weighted by Gasteiger charge is -2.25. The molecule has 0 bridgehead atoms. The van der Waals surface area contributed by atoms with E-state index in [9.17, 15) is 9.59 Å². The fraction of sp³-hybridized carbons (Fsp3) is 0.355.